The number of hydrogen-bond donors (Lipinski definition) is 6. The molecule has 0 aliphatic carbocycles. The first-order chi connectivity index (χ1) is 26.8. The van der Waals surface area contributed by atoms with Crippen LogP contribution in [-0.4, -0.2) is 46.5 Å². The molecule has 7 rings (SSSR count). The molecule has 0 saturated heterocycles. The molecule has 2 aliphatic heterocycles. The van der Waals surface area contributed by atoms with Crippen LogP contribution in [0.15, 0.2) is 84.9 Å². The molecule has 0 saturated carbocycles. The molecule has 16 heteroatoms. The normalized spacial score (nSPS) is 13.8. The highest BCUT2D eigenvalue weighted by molar-refractivity contribution is 14.1. The number of nitrogens with two attached hydrogens (primary N) is 1. The molecule has 1 spiro atoms. The van der Waals surface area contributed by atoms with E-state index >= 15 is 0 Å². The summed E-state index contributed by atoms with van der Waals surface area (Å²) in [4.78, 5) is 52.2. The Bertz CT molecular complexity index is 2410. The number of anilines is 2. The molecule has 0 unspecified atom stereocenters. The second-order valence-corrected chi connectivity index (χ2v) is 14.3. The molecule has 3 amide bonds. The number of fused-ring (bicyclic) bond motifs is 6. The standard InChI is InChI=1S/C40H30F3IN4O8/c41-28-12-8-23(35(34(28)43)47-30-13-5-20(44)16-29(30)42)38(53)46-14-2-1-3-31(36(45)51)48-37(52)19-4-9-25-24(15-19)39(54)56-40(25)26-10-6-21(49)17-32(26)55-33-18-22(50)7-11-27(33)40/h4-13,15-18,31,47,49-50H,1-3,14H2,(H2,45,51)(H,46,53)(H,48,52)/t31-/m0/s1. The maximum atomic E-state index is 14.8. The van der Waals surface area contributed by atoms with Gasteiger partial charge in [-0.25, -0.2) is 18.0 Å². The molecule has 2 heterocycles. The number of benzene rings is 5. The highest BCUT2D eigenvalue weighted by Gasteiger charge is 2.53. The van der Waals surface area contributed by atoms with Crippen molar-refractivity contribution in [3.05, 3.63) is 139 Å². The number of unbranched alkanes of at least 4 members (excludes halogenated alkanes) is 1. The maximum absolute atomic E-state index is 14.8. The van der Waals surface area contributed by atoms with Gasteiger partial charge in [-0.1, -0.05) is 6.07 Å². The average molecular weight is 879 g/mol. The van der Waals surface area contributed by atoms with Crippen molar-refractivity contribution in [2.75, 3.05) is 11.9 Å². The van der Waals surface area contributed by atoms with Crippen LogP contribution in [0, 0.1) is 21.0 Å². The minimum atomic E-state index is -1.53. The van der Waals surface area contributed by atoms with Crippen LogP contribution in [0.4, 0.5) is 24.5 Å². The molecular formula is C40H30F3IN4O8. The molecule has 2 aliphatic rings. The monoisotopic (exact) mass is 878 g/mol. The Morgan fingerprint density at radius 2 is 1.48 bits per heavy atom. The number of carbonyl (C=O) groups excluding carboxylic acids is 4. The van der Waals surface area contributed by atoms with E-state index in [1.807, 2.05) is 22.6 Å². The van der Waals surface area contributed by atoms with Gasteiger partial charge in [0.15, 0.2) is 17.2 Å². The lowest BCUT2D eigenvalue weighted by Crippen LogP contribution is -2.44. The van der Waals surface area contributed by atoms with Gasteiger partial charge >= 0.3 is 5.97 Å². The Labute approximate surface area is 330 Å². The zero-order valence-corrected chi connectivity index (χ0v) is 31.1. The molecule has 5 aromatic rings. The summed E-state index contributed by atoms with van der Waals surface area (Å²) in [6.45, 7) is 0.0415. The van der Waals surface area contributed by atoms with Crippen molar-refractivity contribution in [1.29, 1.82) is 0 Å². The lowest BCUT2D eigenvalue weighted by molar-refractivity contribution is -0.120. The van der Waals surface area contributed by atoms with Gasteiger partial charge < -0.3 is 41.4 Å². The topological polar surface area (TPSA) is 189 Å². The molecular weight excluding hydrogens is 848 g/mol. The van der Waals surface area contributed by atoms with Gasteiger partial charge in [0.1, 0.15) is 34.9 Å². The van der Waals surface area contributed by atoms with Gasteiger partial charge in [-0.3, -0.25) is 14.4 Å². The van der Waals surface area contributed by atoms with Crippen LogP contribution >= 0.6 is 22.6 Å². The first-order valence-corrected chi connectivity index (χ1v) is 18.2. The first kappa shape index (κ1) is 38.0. The number of primary amides is 1. The third-order valence-corrected chi connectivity index (χ3v) is 10.1. The van der Waals surface area contributed by atoms with Crippen molar-refractivity contribution in [2.24, 2.45) is 5.73 Å². The molecule has 0 aromatic heterocycles. The van der Waals surface area contributed by atoms with Crippen LogP contribution in [0.3, 0.4) is 0 Å². The first-order valence-electron chi connectivity index (χ1n) is 17.1. The number of hydrogen-bond acceptors (Lipinski definition) is 9. The average Bonchev–Trinajstić information content (AvgIpc) is 3.44. The van der Waals surface area contributed by atoms with E-state index in [9.17, 15) is 42.6 Å². The number of esters is 1. The van der Waals surface area contributed by atoms with Gasteiger partial charge in [0.05, 0.1) is 22.5 Å². The largest absolute Gasteiger partial charge is 0.508 e. The fourth-order valence-corrected chi connectivity index (χ4v) is 7.19. The van der Waals surface area contributed by atoms with E-state index in [0.717, 1.165) is 12.1 Å². The number of rotatable bonds is 11. The number of phenols is 2. The van der Waals surface area contributed by atoms with Crippen LogP contribution in [0.25, 0.3) is 0 Å². The second-order valence-electron chi connectivity index (χ2n) is 13.0. The molecule has 12 nitrogen and oxygen atoms in total. The highest BCUT2D eigenvalue weighted by atomic mass is 127. The van der Waals surface area contributed by atoms with E-state index in [1.165, 1.54) is 48.5 Å². The van der Waals surface area contributed by atoms with Crippen LogP contribution in [0.2, 0.25) is 0 Å². The molecule has 0 bridgehead atoms. The predicted molar refractivity (Wildman–Crippen MR) is 203 cm³/mol. The lowest BCUT2D eigenvalue weighted by atomic mass is 9.77. The Balaban J connectivity index is 1.01. The number of phenolic OH excluding ortho intramolecular Hbond substituents is 2. The van der Waals surface area contributed by atoms with E-state index in [2.05, 4.69) is 16.0 Å². The zero-order valence-electron chi connectivity index (χ0n) is 28.9. The zero-order chi connectivity index (χ0) is 39.9. The minimum Gasteiger partial charge on any atom is -0.508 e. The summed E-state index contributed by atoms with van der Waals surface area (Å²) in [5.74, 6) is -6.21. The van der Waals surface area contributed by atoms with Gasteiger partial charge in [0.2, 0.25) is 5.91 Å². The summed E-state index contributed by atoms with van der Waals surface area (Å²) >= 11 is 1.89. The van der Waals surface area contributed by atoms with E-state index in [-0.39, 0.29) is 64.8 Å². The Morgan fingerprint density at radius 1 is 0.804 bits per heavy atom. The van der Waals surface area contributed by atoms with Gasteiger partial charge in [-0.05, 0) is 109 Å². The maximum Gasteiger partial charge on any atom is 0.340 e. The number of carbonyl (C=O) groups is 4. The van der Waals surface area contributed by atoms with E-state index in [4.69, 9.17) is 15.2 Å². The van der Waals surface area contributed by atoms with Gasteiger partial charge in [0.25, 0.3) is 11.8 Å². The SMILES string of the molecule is NC(=O)[C@H](CCCCNC(=O)c1ccc(F)c(F)c1Nc1ccc(I)cc1F)NC(=O)c1ccc2c(c1)C(=O)OC21c2ccc(O)cc2Oc2cc(O)ccc21. The number of ether oxygens (including phenoxy) is 2. The fourth-order valence-electron chi connectivity index (χ4n) is 6.73. The van der Waals surface area contributed by atoms with Gasteiger partial charge in [-0.15, -0.1) is 0 Å². The number of halogens is 4. The van der Waals surface area contributed by atoms with Crippen LogP contribution in [0.1, 0.15) is 67.0 Å². The summed E-state index contributed by atoms with van der Waals surface area (Å²) in [5, 5.41) is 27.9. The fraction of sp³-hybridized carbons (Fsp3) is 0.150. The van der Waals surface area contributed by atoms with Crippen molar-refractivity contribution >= 4 is 57.7 Å². The summed E-state index contributed by atoms with van der Waals surface area (Å²) in [7, 11) is 0. The highest BCUT2D eigenvalue weighted by Crippen LogP contribution is 2.57. The Kier molecular flexibility index (Phi) is 10.2. The van der Waals surface area contributed by atoms with Crippen molar-refractivity contribution in [3.8, 4) is 23.0 Å². The van der Waals surface area contributed by atoms with Crippen LogP contribution < -0.4 is 26.4 Å². The lowest BCUT2D eigenvalue weighted by Gasteiger charge is -2.36. The van der Waals surface area contributed by atoms with Crippen LogP contribution in [0.5, 0.6) is 23.0 Å². The molecule has 56 heavy (non-hydrogen) atoms. The Hall–Kier alpha value is -6.30. The predicted octanol–water partition coefficient (Wildman–Crippen LogP) is 6.62. The van der Waals surface area contributed by atoms with Crippen molar-refractivity contribution in [3.63, 3.8) is 0 Å². The minimum absolute atomic E-state index is 0.0289. The number of amides is 3. The third kappa shape index (κ3) is 7.02. The summed E-state index contributed by atoms with van der Waals surface area (Å²) in [6, 6.07) is 17.8. The van der Waals surface area contributed by atoms with Crippen molar-refractivity contribution < 1.29 is 52.0 Å². The summed E-state index contributed by atoms with van der Waals surface area (Å²) in [5.41, 5.74) is 4.38. The van der Waals surface area contributed by atoms with Crippen molar-refractivity contribution in [2.45, 2.75) is 30.9 Å². The van der Waals surface area contributed by atoms with Gasteiger partial charge in [0, 0.05) is 44.5 Å². The molecule has 286 valence electrons. The van der Waals surface area contributed by atoms with E-state index in [1.54, 1.807) is 24.3 Å². The van der Waals surface area contributed by atoms with E-state index in [0.29, 0.717) is 26.7 Å². The smallest absolute Gasteiger partial charge is 0.340 e. The molecule has 7 N–H and O–H groups in total. The molecule has 0 radical (unpaired) electrons. The quantitative estimate of drug-likeness (QED) is 0.0482. The van der Waals surface area contributed by atoms with Crippen molar-refractivity contribution in [1.82, 2.24) is 10.6 Å². The molecule has 0 fully saturated rings. The van der Waals surface area contributed by atoms with Crippen LogP contribution in [-0.2, 0) is 15.1 Å². The second kappa shape index (κ2) is 15.1. The van der Waals surface area contributed by atoms with Gasteiger partial charge in [-0.2, -0.15) is 0 Å². The summed E-state index contributed by atoms with van der Waals surface area (Å²) in [6.07, 6.45) is 0.652. The number of nitrogens with one attached hydrogen (secondary N) is 3. The molecule has 5 aromatic carbocycles. The van der Waals surface area contributed by atoms with E-state index < -0.39 is 58.5 Å². The third-order valence-electron chi connectivity index (χ3n) is 9.42. The summed E-state index contributed by atoms with van der Waals surface area (Å²) < 4.78 is 55.9. The Morgan fingerprint density at radius 3 is 2.14 bits per heavy atom. The molecule has 1 atom stereocenters. The number of aromatic hydroxyl groups is 2.